The van der Waals surface area contributed by atoms with Gasteiger partial charge in [0.1, 0.15) is 6.33 Å². The molecule has 0 saturated heterocycles. The van der Waals surface area contributed by atoms with E-state index in [4.69, 9.17) is 17.3 Å². The summed E-state index contributed by atoms with van der Waals surface area (Å²) >= 11 is 8.83. The smallest absolute Gasteiger partial charge is 0.174 e. The molecule has 0 atom stereocenters. The molecule has 15 heavy (non-hydrogen) atoms. The van der Waals surface area contributed by atoms with E-state index in [0.717, 1.165) is 14.8 Å². The number of nitrogens with two attached hydrogens (primary N) is 1. The minimum Gasteiger partial charge on any atom is -0.326 e. The van der Waals surface area contributed by atoms with Crippen LogP contribution in [0.1, 0.15) is 5.56 Å². The van der Waals surface area contributed by atoms with E-state index < -0.39 is 0 Å². The lowest BCUT2D eigenvalue weighted by atomic mass is 10.2. The second kappa shape index (κ2) is 4.94. The molecule has 2 N–H and O–H groups in total. The van der Waals surface area contributed by atoms with E-state index in [1.54, 1.807) is 18.1 Å². The van der Waals surface area contributed by atoms with Crippen LogP contribution in [-0.4, -0.2) is 9.36 Å². The molecule has 2 rings (SSSR count). The summed E-state index contributed by atoms with van der Waals surface area (Å²) in [6.45, 7) is 0.498. The molecule has 0 aliphatic rings. The zero-order valence-electron chi connectivity index (χ0n) is 7.68. The van der Waals surface area contributed by atoms with Crippen molar-refractivity contribution in [3.8, 4) is 0 Å². The lowest BCUT2D eigenvalue weighted by Crippen LogP contribution is -1.97. The largest absolute Gasteiger partial charge is 0.326 e. The van der Waals surface area contributed by atoms with Gasteiger partial charge in [0.05, 0.1) is 0 Å². The fourth-order valence-electron chi connectivity index (χ4n) is 1.09. The Morgan fingerprint density at radius 1 is 1.47 bits per heavy atom. The molecule has 1 aromatic carbocycles. The molecule has 78 valence electrons. The number of aromatic nitrogens is 2. The SMILES string of the molecule is NCc1ccc(Cl)cc1Sc1ncns1. The number of nitrogens with zero attached hydrogens (tertiary/aromatic N) is 2. The molecular weight excluding hydrogens is 250 g/mol. The van der Waals surface area contributed by atoms with Crippen LogP contribution >= 0.6 is 34.9 Å². The zero-order valence-corrected chi connectivity index (χ0v) is 10.1. The van der Waals surface area contributed by atoms with Gasteiger partial charge in [-0.3, -0.25) is 0 Å². The molecule has 0 aliphatic heterocycles. The third-order valence-electron chi connectivity index (χ3n) is 1.79. The summed E-state index contributed by atoms with van der Waals surface area (Å²) < 4.78 is 4.84. The molecule has 2 aromatic rings. The van der Waals surface area contributed by atoms with Gasteiger partial charge in [-0.05, 0) is 29.2 Å². The number of benzene rings is 1. The van der Waals surface area contributed by atoms with Gasteiger partial charge in [-0.2, -0.15) is 4.37 Å². The van der Waals surface area contributed by atoms with Crippen molar-refractivity contribution in [2.24, 2.45) is 5.73 Å². The Hall–Kier alpha value is -0.620. The van der Waals surface area contributed by atoms with Gasteiger partial charge in [0.2, 0.25) is 0 Å². The minimum absolute atomic E-state index is 0.498. The number of hydrogen-bond donors (Lipinski definition) is 1. The molecule has 0 fully saturated rings. The quantitative estimate of drug-likeness (QED) is 0.919. The monoisotopic (exact) mass is 257 g/mol. The van der Waals surface area contributed by atoms with Gasteiger partial charge in [0, 0.05) is 16.5 Å². The zero-order chi connectivity index (χ0) is 10.7. The van der Waals surface area contributed by atoms with Gasteiger partial charge in [-0.15, -0.1) is 0 Å². The molecule has 0 saturated carbocycles. The molecule has 0 spiro atoms. The molecule has 1 aromatic heterocycles. The fraction of sp³-hybridized carbons (Fsp3) is 0.111. The summed E-state index contributed by atoms with van der Waals surface area (Å²) in [6.07, 6.45) is 1.54. The maximum Gasteiger partial charge on any atom is 0.174 e. The third kappa shape index (κ3) is 2.69. The summed E-state index contributed by atoms with van der Waals surface area (Å²) in [6, 6.07) is 5.68. The van der Waals surface area contributed by atoms with Gasteiger partial charge in [-0.25, -0.2) is 4.98 Å². The summed E-state index contributed by atoms with van der Waals surface area (Å²) in [5.74, 6) is 0. The molecule has 3 nitrogen and oxygen atoms in total. The Morgan fingerprint density at radius 3 is 3.00 bits per heavy atom. The molecule has 0 aliphatic carbocycles. The van der Waals surface area contributed by atoms with E-state index >= 15 is 0 Å². The van der Waals surface area contributed by atoms with Crippen LogP contribution in [-0.2, 0) is 6.54 Å². The Morgan fingerprint density at radius 2 is 2.33 bits per heavy atom. The van der Waals surface area contributed by atoms with Crippen molar-refractivity contribution >= 4 is 34.9 Å². The van der Waals surface area contributed by atoms with E-state index in [9.17, 15) is 0 Å². The third-order valence-corrected chi connectivity index (χ3v) is 3.84. The Balaban J connectivity index is 2.30. The highest BCUT2D eigenvalue weighted by molar-refractivity contribution is 8.01. The molecule has 0 unspecified atom stereocenters. The molecule has 0 amide bonds. The van der Waals surface area contributed by atoms with Gasteiger partial charge < -0.3 is 5.73 Å². The van der Waals surface area contributed by atoms with Crippen LogP contribution in [0.15, 0.2) is 33.8 Å². The van der Waals surface area contributed by atoms with Crippen LogP contribution in [0.2, 0.25) is 5.02 Å². The van der Waals surface area contributed by atoms with Crippen molar-refractivity contribution in [3.05, 3.63) is 35.1 Å². The number of rotatable bonds is 3. The van der Waals surface area contributed by atoms with Crippen LogP contribution in [0.5, 0.6) is 0 Å². The predicted molar refractivity (Wildman–Crippen MR) is 63.4 cm³/mol. The lowest BCUT2D eigenvalue weighted by Gasteiger charge is -2.05. The molecular formula is C9H8ClN3S2. The molecule has 0 bridgehead atoms. The van der Waals surface area contributed by atoms with Crippen LogP contribution in [0, 0.1) is 0 Å². The average Bonchev–Trinajstić information content (AvgIpc) is 2.71. The van der Waals surface area contributed by atoms with E-state index in [0.29, 0.717) is 11.6 Å². The van der Waals surface area contributed by atoms with Gasteiger partial charge in [-0.1, -0.05) is 29.4 Å². The van der Waals surface area contributed by atoms with E-state index in [2.05, 4.69) is 9.36 Å². The summed E-state index contributed by atoms with van der Waals surface area (Å²) in [5.41, 5.74) is 6.71. The van der Waals surface area contributed by atoms with Crippen LogP contribution in [0.3, 0.4) is 0 Å². The highest BCUT2D eigenvalue weighted by Gasteiger charge is 2.06. The van der Waals surface area contributed by atoms with Crippen LogP contribution in [0.25, 0.3) is 0 Å². The Kier molecular flexibility index (Phi) is 3.58. The lowest BCUT2D eigenvalue weighted by molar-refractivity contribution is 1.03. The second-order valence-corrected chi connectivity index (χ2v) is 5.27. The van der Waals surface area contributed by atoms with E-state index in [-0.39, 0.29) is 0 Å². The van der Waals surface area contributed by atoms with Crippen molar-refractivity contribution in [2.75, 3.05) is 0 Å². The van der Waals surface area contributed by atoms with Crippen LogP contribution in [0.4, 0.5) is 0 Å². The molecule has 1 heterocycles. The Labute approximate surface area is 101 Å². The van der Waals surface area contributed by atoms with Crippen molar-refractivity contribution in [1.82, 2.24) is 9.36 Å². The molecule has 6 heteroatoms. The van der Waals surface area contributed by atoms with Crippen molar-refractivity contribution in [3.63, 3.8) is 0 Å². The maximum atomic E-state index is 5.93. The van der Waals surface area contributed by atoms with Crippen molar-refractivity contribution < 1.29 is 0 Å². The molecule has 0 radical (unpaired) electrons. The van der Waals surface area contributed by atoms with E-state index in [1.165, 1.54) is 11.5 Å². The summed E-state index contributed by atoms with van der Waals surface area (Å²) in [7, 11) is 0. The summed E-state index contributed by atoms with van der Waals surface area (Å²) in [4.78, 5) is 5.15. The first-order valence-corrected chi connectivity index (χ1v) is 6.19. The van der Waals surface area contributed by atoms with Crippen molar-refractivity contribution in [1.29, 1.82) is 0 Å². The first kappa shape index (κ1) is 10.9. The van der Waals surface area contributed by atoms with Crippen molar-refractivity contribution in [2.45, 2.75) is 15.8 Å². The number of halogens is 1. The highest BCUT2D eigenvalue weighted by atomic mass is 35.5. The normalized spacial score (nSPS) is 10.5. The first-order chi connectivity index (χ1) is 7.29. The second-order valence-electron chi connectivity index (χ2n) is 2.77. The minimum atomic E-state index is 0.498. The highest BCUT2D eigenvalue weighted by Crippen LogP contribution is 2.32. The number of hydrogen-bond acceptors (Lipinski definition) is 5. The topological polar surface area (TPSA) is 51.8 Å². The predicted octanol–water partition coefficient (Wildman–Crippen LogP) is 2.80. The van der Waals surface area contributed by atoms with Gasteiger partial charge in [0.15, 0.2) is 4.34 Å². The van der Waals surface area contributed by atoms with E-state index in [1.807, 2.05) is 18.2 Å². The maximum absolute atomic E-state index is 5.93. The summed E-state index contributed by atoms with van der Waals surface area (Å²) in [5, 5.41) is 0.708. The Bertz CT molecular complexity index is 445. The van der Waals surface area contributed by atoms with Gasteiger partial charge >= 0.3 is 0 Å². The standard InChI is InChI=1S/C9H8ClN3S2/c10-7-2-1-6(4-11)8(3-7)14-9-12-5-13-15-9/h1-3,5H,4,11H2. The van der Waals surface area contributed by atoms with Crippen LogP contribution < -0.4 is 5.73 Å². The average molecular weight is 258 g/mol. The fourth-order valence-corrected chi connectivity index (χ4v) is 2.91. The first-order valence-electron chi connectivity index (χ1n) is 4.22. The van der Waals surface area contributed by atoms with Gasteiger partial charge in [0.25, 0.3) is 0 Å².